The van der Waals surface area contributed by atoms with Gasteiger partial charge in [-0.15, -0.1) is 11.8 Å². The first kappa shape index (κ1) is 17.4. The van der Waals surface area contributed by atoms with E-state index in [9.17, 15) is 15.2 Å². The van der Waals surface area contributed by atoms with Gasteiger partial charge in [-0.2, -0.15) is 5.26 Å². The zero-order chi connectivity index (χ0) is 16.7. The number of carbonyl (C=O) groups is 1. The van der Waals surface area contributed by atoms with Crippen LogP contribution in [0.1, 0.15) is 50.5 Å². The van der Waals surface area contributed by atoms with Gasteiger partial charge < -0.3 is 10.4 Å². The van der Waals surface area contributed by atoms with Crippen LogP contribution in [0.3, 0.4) is 0 Å². The maximum Gasteiger partial charge on any atom is 0.225 e. The summed E-state index contributed by atoms with van der Waals surface area (Å²) < 4.78 is 0. The van der Waals surface area contributed by atoms with Crippen molar-refractivity contribution in [3.8, 4) is 11.8 Å². The van der Waals surface area contributed by atoms with Crippen LogP contribution in [0.15, 0.2) is 34.9 Å². The van der Waals surface area contributed by atoms with Crippen molar-refractivity contribution in [2.24, 2.45) is 0 Å². The van der Waals surface area contributed by atoms with Gasteiger partial charge in [-0.25, -0.2) is 0 Å². The number of rotatable bonds is 7. The summed E-state index contributed by atoms with van der Waals surface area (Å²) in [4.78, 5) is 12.0. The first-order valence-electron chi connectivity index (χ1n) is 8.01. The van der Waals surface area contributed by atoms with Gasteiger partial charge in [-0.1, -0.05) is 38.3 Å². The number of phenols is 1. The monoisotopic (exact) mass is 330 g/mol. The first-order valence-corrected chi connectivity index (χ1v) is 9.00. The predicted octanol–water partition coefficient (Wildman–Crippen LogP) is 4.04. The van der Waals surface area contributed by atoms with E-state index in [4.69, 9.17) is 0 Å². The minimum atomic E-state index is -0.229. The van der Waals surface area contributed by atoms with Crippen LogP contribution in [0.4, 0.5) is 0 Å². The Morgan fingerprint density at radius 3 is 2.70 bits per heavy atom. The summed E-state index contributed by atoms with van der Waals surface area (Å²) in [6, 6.07) is 9.01. The Morgan fingerprint density at radius 1 is 1.30 bits per heavy atom. The molecule has 0 saturated carbocycles. The Hall–Kier alpha value is -1.93. The van der Waals surface area contributed by atoms with E-state index in [-0.39, 0.29) is 24.0 Å². The van der Waals surface area contributed by atoms with Gasteiger partial charge in [0.05, 0.1) is 16.7 Å². The van der Waals surface area contributed by atoms with Crippen molar-refractivity contribution >= 4 is 17.7 Å². The summed E-state index contributed by atoms with van der Waals surface area (Å²) in [6.45, 7) is 2.17. The van der Waals surface area contributed by atoms with E-state index in [1.165, 1.54) is 19.3 Å². The summed E-state index contributed by atoms with van der Waals surface area (Å²) in [5.41, 5.74) is 1.51. The molecule has 2 rings (SSSR count). The van der Waals surface area contributed by atoms with Crippen molar-refractivity contribution in [2.75, 3.05) is 5.75 Å². The number of hydrogen-bond acceptors (Lipinski definition) is 4. The molecule has 1 aliphatic rings. The summed E-state index contributed by atoms with van der Waals surface area (Å²) >= 11 is 1.56. The molecule has 5 heteroatoms. The van der Waals surface area contributed by atoms with Crippen LogP contribution in [0.25, 0.3) is 0 Å². The molecular weight excluding hydrogens is 308 g/mol. The second-order valence-electron chi connectivity index (χ2n) is 5.66. The van der Waals surface area contributed by atoms with Gasteiger partial charge in [0.25, 0.3) is 0 Å². The van der Waals surface area contributed by atoms with E-state index in [1.54, 1.807) is 36.0 Å². The third-order valence-corrected chi connectivity index (χ3v) is 5.00. The second kappa shape index (κ2) is 8.64. The van der Waals surface area contributed by atoms with Gasteiger partial charge >= 0.3 is 0 Å². The largest absolute Gasteiger partial charge is 0.508 e. The number of thioether (sulfide) groups is 1. The molecule has 0 fully saturated rings. The lowest BCUT2D eigenvalue weighted by atomic mass is 9.87. The maximum absolute atomic E-state index is 12.0. The zero-order valence-electron chi connectivity index (χ0n) is 13.3. The second-order valence-corrected chi connectivity index (χ2v) is 6.77. The van der Waals surface area contributed by atoms with Crippen LogP contribution in [-0.2, 0) is 4.79 Å². The van der Waals surface area contributed by atoms with Crippen molar-refractivity contribution < 1.29 is 9.90 Å². The Labute approximate surface area is 141 Å². The van der Waals surface area contributed by atoms with Crippen molar-refractivity contribution in [3.05, 3.63) is 40.4 Å². The average Bonchev–Trinajstić information content (AvgIpc) is 2.55. The number of unbranched alkanes of at least 4 members (excludes halogenated alkanes) is 3. The molecule has 122 valence electrons. The number of allylic oxidation sites excluding steroid dienone is 1. The van der Waals surface area contributed by atoms with Crippen molar-refractivity contribution in [1.29, 1.82) is 5.26 Å². The minimum Gasteiger partial charge on any atom is -0.508 e. The van der Waals surface area contributed by atoms with Gasteiger partial charge in [-0.05, 0) is 29.9 Å². The molecule has 1 aromatic rings. The molecule has 1 aliphatic heterocycles. The minimum absolute atomic E-state index is 0.0573. The summed E-state index contributed by atoms with van der Waals surface area (Å²) in [5, 5.41) is 22.5. The molecule has 0 saturated heterocycles. The smallest absolute Gasteiger partial charge is 0.225 e. The Balaban J connectivity index is 2.14. The quantitative estimate of drug-likeness (QED) is 0.740. The molecule has 1 atom stereocenters. The molecule has 2 N–H and O–H groups in total. The molecule has 4 nitrogen and oxygen atoms in total. The SMILES string of the molecule is CCCCCCSC1=C(C#N)[C@@H](c2ccc(O)cc2)CC(=O)N1. The molecule has 1 amide bonds. The van der Waals surface area contributed by atoms with Gasteiger partial charge in [-0.3, -0.25) is 4.79 Å². The molecule has 0 spiro atoms. The van der Waals surface area contributed by atoms with Crippen molar-refractivity contribution in [3.63, 3.8) is 0 Å². The molecule has 0 unspecified atom stereocenters. The summed E-state index contributed by atoms with van der Waals surface area (Å²) in [6.07, 6.45) is 4.94. The Kier molecular flexibility index (Phi) is 6.54. The molecule has 0 aromatic heterocycles. The lowest BCUT2D eigenvalue weighted by Crippen LogP contribution is -2.30. The van der Waals surface area contributed by atoms with Crippen LogP contribution >= 0.6 is 11.8 Å². The molecular formula is C18H22N2O2S. The van der Waals surface area contributed by atoms with Crippen LogP contribution < -0.4 is 5.32 Å². The number of nitrogens with one attached hydrogen (secondary N) is 1. The van der Waals surface area contributed by atoms with Gasteiger partial charge in [0.1, 0.15) is 5.75 Å². The summed E-state index contributed by atoms with van der Waals surface area (Å²) in [7, 11) is 0. The third kappa shape index (κ3) is 4.77. The number of carbonyl (C=O) groups excluding carboxylic acids is 1. The van der Waals surface area contributed by atoms with Crippen molar-refractivity contribution in [2.45, 2.75) is 44.9 Å². The van der Waals surface area contributed by atoms with E-state index in [0.717, 1.165) is 17.7 Å². The lowest BCUT2D eigenvalue weighted by Gasteiger charge is -2.25. The van der Waals surface area contributed by atoms with Gasteiger partial charge in [0.2, 0.25) is 5.91 Å². The fraction of sp³-hybridized carbons (Fsp3) is 0.444. The van der Waals surface area contributed by atoms with Crippen molar-refractivity contribution in [1.82, 2.24) is 5.32 Å². The number of aromatic hydroxyl groups is 1. The molecule has 0 radical (unpaired) electrons. The number of benzene rings is 1. The molecule has 23 heavy (non-hydrogen) atoms. The molecule has 1 heterocycles. The van der Waals surface area contributed by atoms with Gasteiger partial charge in [0.15, 0.2) is 0 Å². The first-order chi connectivity index (χ1) is 11.2. The predicted molar refractivity (Wildman–Crippen MR) is 92.8 cm³/mol. The highest BCUT2D eigenvalue weighted by molar-refractivity contribution is 8.03. The third-order valence-electron chi connectivity index (χ3n) is 3.90. The van der Waals surface area contributed by atoms with E-state index in [1.807, 2.05) is 0 Å². The number of hydrogen-bond donors (Lipinski definition) is 2. The van der Waals surface area contributed by atoms with Crippen LogP contribution in [0, 0.1) is 11.3 Å². The fourth-order valence-corrected chi connectivity index (χ4v) is 3.71. The molecule has 0 bridgehead atoms. The fourth-order valence-electron chi connectivity index (χ4n) is 2.63. The number of phenolic OH excluding ortho intramolecular Hbond substituents is 1. The molecule has 1 aromatic carbocycles. The molecule has 0 aliphatic carbocycles. The number of nitrogens with zero attached hydrogens (tertiary/aromatic N) is 1. The van der Waals surface area contributed by atoms with E-state index >= 15 is 0 Å². The highest BCUT2D eigenvalue weighted by atomic mass is 32.2. The van der Waals surface area contributed by atoms with E-state index in [2.05, 4.69) is 18.3 Å². The van der Waals surface area contributed by atoms with Crippen LogP contribution in [0.2, 0.25) is 0 Å². The van der Waals surface area contributed by atoms with E-state index < -0.39 is 0 Å². The summed E-state index contributed by atoms with van der Waals surface area (Å²) in [5.74, 6) is 0.802. The van der Waals surface area contributed by atoms with E-state index in [0.29, 0.717) is 10.6 Å². The highest BCUT2D eigenvalue weighted by Crippen LogP contribution is 2.36. The average molecular weight is 330 g/mol. The van der Waals surface area contributed by atoms with Crippen LogP contribution in [0.5, 0.6) is 5.75 Å². The topological polar surface area (TPSA) is 73.1 Å². The Morgan fingerprint density at radius 2 is 2.04 bits per heavy atom. The number of nitriles is 1. The maximum atomic E-state index is 12.0. The zero-order valence-corrected chi connectivity index (χ0v) is 14.2. The normalized spacial score (nSPS) is 17.7. The Bertz CT molecular complexity index is 617. The lowest BCUT2D eigenvalue weighted by molar-refractivity contribution is -0.120. The van der Waals surface area contributed by atoms with Crippen LogP contribution in [-0.4, -0.2) is 16.8 Å². The van der Waals surface area contributed by atoms with Gasteiger partial charge in [0, 0.05) is 12.3 Å². The number of amides is 1. The highest BCUT2D eigenvalue weighted by Gasteiger charge is 2.29. The standard InChI is InChI=1S/C18H22N2O2S/c1-2-3-4-5-10-23-18-16(12-19)15(11-17(22)20-18)13-6-8-14(21)9-7-13/h6-9,15,21H,2-5,10-11H2,1H3,(H,20,22)/t15-/m1/s1.